The Bertz CT molecular complexity index is 1110. The van der Waals surface area contributed by atoms with Crippen LogP contribution in [0.3, 0.4) is 0 Å². The third-order valence-corrected chi connectivity index (χ3v) is 6.79. The van der Waals surface area contributed by atoms with Crippen molar-refractivity contribution in [2.75, 3.05) is 44.6 Å². The van der Waals surface area contributed by atoms with Crippen molar-refractivity contribution >= 4 is 28.5 Å². The van der Waals surface area contributed by atoms with Crippen LogP contribution in [0.4, 0.5) is 23.0 Å². The lowest BCUT2D eigenvalue weighted by atomic mass is 10.1. The number of anilines is 1. The molecule has 1 aliphatic rings. The van der Waals surface area contributed by atoms with Crippen LogP contribution in [0.5, 0.6) is 5.88 Å². The maximum absolute atomic E-state index is 14.2. The lowest BCUT2D eigenvalue weighted by Gasteiger charge is -2.39. The van der Waals surface area contributed by atoms with E-state index in [1.165, 1.54) is 6.92 Å². The Kier molecular flexibility index (Phi) is 10.1. The lowest BCUT2D eigenvalue weighted by Crippen LogP contribution is -2.56. The van der Waals surface area contributed by atoms with Gasteiger partial charge in [-0.15, -0.1) is 0 Å². The Morgan fingerprint density at radius 2 is 1.95 bits per heavy atom. The molecule has 37 heavy (non-hydrogen) atoms. The van der Waals surface area contributed by atoms with Gasteiger partial charge in [0.05, 0.1) is 18.3 Å². The first-order valence-corrected chi connectivity index (χ1v) is 12.6. The molecule has 1 aromatic carbocycles. The highest BCUT2D eigenvalue weighted by atomic mass is 32.1. The predicted octanol–water partition coefficient (Wildman–Crippen LogP) is 2.40. The van der Waals surface area contributed by atoms with Gasteiger partial charge < -0.3 is 20.9 Å². The minimum Gasteiger partial charge on any atom is -0.471 e. The van der Waals surface area contributed by atoms with Crippen LogP contribution >= 0.6 is 11.5 Å². The van der Waals surface area contributed by atoms with Crippen LogP contribution in [0.25, 0.3) is 0 Å². The average molecular weight is 545 g/mol. The van der Waals surface area contributed by atoms with E-state index >= 15 is 0 Å². The number of aromatic nitrogens is 1. The number of ether oxygens (including phenoxy) is 1. The third kappa shape index (κ3) is 7.09. The zero-order valence-electron chi connectivity index (χ0n) is 20.7. The summed E-state index contributed by atoms with van der Waals surface area (Å²) in [7, 11) is 0. The van der Waals surface area contributed by atoms with Crippen molar-refractivity contribution in [2.24, 2.45) is 5.73 Å². The summed E-state index contributed by atoms with van der Waals surface area (Å²) in [5.74, 6) is -4.92. The first kappa shape index (κ1) is 28.6. The van der Waals surface area contributed by atoms with E-state index in [4.69, 9.17) is 15.6 Å². The van der Waals surface area contributed by atoms with Gasteiger partial charge in [-0.2, -0.15) is 4.37 Å². The van der Waals surface area contributed by atoms with Crippen molar-refractivity contribution in [3.8, 4) is 5.88 Å². The number of halogens is 3. The molecule has 204 valence electrons. The predicted molar refractivity (Wildman–Crippen MR) is 132 cm³/mol. The van der Waals surface area contributed by atoms with Crippen molar-refractivity contribution in [1.82, 2.24) is 19.5 Å². The van der Waals surface area contributed by atoms with Crippen molar-refractivity contribution in [2.45, 2.75) is 39.5 Å². The van der Waals surface area contributed by atoms with E-state index < -0.39 is 41.6 Å². The molecule has 0 saturated carbocycles. The monoisotopic (exact) mass is 544 g/mol. The fraction of sp³-hybridized carbons (Fsp3) is 0.522. The Labute approximate surface area is 216 Å². The summed E-state index contributed by atoms with van der Waals surface area (Å²) in [6.45, 7) is 6.12. The zero-order chi connectivity index (χ0) is 27.1. The summed E-state index contributed by atoms with van der Waals surface area (Å²) in [5.41, 5.74) is 4.32. The van der Waals surface area contributed by atoms with Crippen LogP contribution in [-0.4, -0.2) is 76.7 Å². The Morgan fingerprint density at radius 1 is 1.24 bits per heavy atom. The molecule has 0 aliphatic carbocycles. The first-order chi connectivity index (χ1) is 17.7. The van der Waals surface area contributed by atoms with Gasteiger partial charge in [0.2, 0.25) is 5.88 Å². The van der Waals surface area contributed by atoms with Crippen LogP contribution in [-0.2, 0) is 6.61 Å². The average Bonchev–Trinajstić information content (AvgIpc) is 3.25. The molecule has 2 aromatic rings. The molecule has 1 aliphatic heterocycles. The standard InChI is InChI=1S/C23H31F3N6O4S/c1-3-4-16(32-7-5-31(6-8-32)9-10-33)28-23(35)29-22-17(20(27)34)21(30-37-22)36-12-14-15(24)11-13(2)18(25)19(14)26/h11,16,33H,3-10,12H2,1-2H3,(H2,27,34)(H2,28,29,35). The van der Waals surface area contributed by atoms with E-state index in [0.717, 1.165) is 25.6 Å². The van der Waals surface area contributed by atoms with Crippen molar-refractivity contribution < 1.29 is 32.6 Å². The number of hydrogen-bond acceptors (Lipinski definition) is 8. The van der Waals surface area contributed by atoms with Crippen LogP contribution in [0.2, 0.25) is 0 Å². The van der Waals surface area contributed by atoms with Gasteiger partial charge in [0, 0.05) is 32.7 Å². The SMILES string of the molecule is CCCC(NC(=O)Nc1snc(OCc2c(F)cc(C)c(F)c2F)c1C(N)=O)N1CCN(CCO)CC1. The van der Waals surface area contributed by atoms with Gasteiger partial charge in [-0.1, -0.05) is 13.3 Å². The minimum atomic E-state index is -1.40. The number of aliphatic hydroxyl groups is 1. The molecule has 3 rings (SSSR count). The summed E-state index contributed by atoms with van der Waals surface area (Å²) in [5, 5.41) is 14.6. The number of primary amides is 1. The van der Waals surface area contributed by atoms with E-state index in [0.29, 0.717) is 37.6 Å². The number of amides is 3. The number of nitrogens with two attached hydrogens (primary N) is 1. The number of rotatable bonds is 11. The molecule has 0 bridgehead atoms. The fourth-order valence-electron chi connectivity index (χ4n) is 4.05. The Morgan fingerprint density at radius 3 is 2.57 bits per heavy atom. The van der Waals surface area contributed by atoms with Crippen LogP contribution < -0.4 is 21.1 Å². The summed E-state index contributed by atoms with van der Waals surface area (Å²) in [6.07, 6.45) is 1.25. The highest BCUT2D eigenvalue weighted by Gasteiger charge is 2.27. The summed E-state index contributed by atoms with van der Waals surface area (Å²) in [4.78, 5) is 29.1. The smallest absolute Gasteiger partial charge is 0.321 e. The molecular weight excluding hydrogens is 513 g/mol. The maximum Gasteiger partial charge on any atom is 0.321 e. The second kappa shape index (κ2) is 13.0. The highest BCUT2D eigenvalue weighted by Crippen LogP contribution is 2.31. The van der Waals surface area contributed by atoms with Gasteiger partial charge in [-0.3, -0.25) is 19.9 Å². The largest absolute Gasteiger partial charge is 0.471 e. The van der Waals surface area contributed by atoms with Gasteiger partial charge in [-0.05, 0) is 36.5 Å². The van der Waals surface area contributed by atoms with Gasteiger partial charge in [-0.25, -0.2) is 18.0 Å². The summed E-state index contributed by atoms with van der Waals surface area (Å²) >= 11 is 0.710. The van der Waals surface area contributed by atoms with E-state index in [-0.39, 0.29) is 34.8 Å². The molecule has 5 N–H and O–H groups in total. The number of nitrogens with zero attached hydrogens (tertiary/aromatic N) is 3. The van der Waals surface area contributed by atoms with Crippen molar-refractivity contribution in [1.29, 1.82) is 0 Å². The molecule has 3 amide bonds. The number of aliphatic hydroxyl groups excluding tert-OH is 1. The molecule has 10 nitrogen and oxygen atoms in total. The van der Waals surface area contributed by atoms with Gasteiger partial charge >= 0.3 is 6.03 Å². The Hall–Kier alpha value is -2.94. The molecule has 1 atom stereocenters. The van der Waals surface area contributed by atoms with E-state index in [9.17, 15) is 22.8 Å². The molecule has 1 fully saturated rings. The number of piperazine rings is 1. The number of urea groups is 1. The van der Waals surface area contributed by atoms with Crippen LogP contribution in [0, 0.1) is 24.4 Å². The lowest BCUT2D eigenvalue weighted by molar-refractivity contribution is 0.0720. The molecule has 2 heterocycles. The van der Waals surface area contributed by atoms with Gasteiger partial charge in [0.15, 0.2) is 11.6 Å². The molecule has 1 aromatic heterocycles. The van der Waals surface area contributed by atoms with Gasteiger partial charge in [0.25, 0.3) is 5.91 Å². The number of carbonyl (C=O) groups is 2. The van der Waals surface area contributed by atoms with Gasteiger partial charge in [0.1, 0.15) is 23.0 Å². The Balaban J connectivity index is 1.67. The summed E-state index contributed by atoms with van der Waals surface area (Å²) < 4.78 is 51.4. The maximum atomic E-state index is 14.2. The van der Waals surface area contributed by atoms with E-state index in [2.05, 4.69) is 24.8 Å². The number of benzene rings is 1. The number of β-amino-alcohol motifs (C(OH)–C–C–N with tert-alkyl or cyclic N) is 1. The molecular formula is C23H31F3N6O4S. The third-order valence-electron chi connectivity index (χ3n) is 6.05. The first-order valence-electron chi connectivity index (χ1n) is 11.9. The zero-order valence-corrected chi connectivity index (χ0v) is 21.5. The van der Waals surface area contributed by atoms with E-state index in [1.807, 2.05) is 6.92 Å². The molecule has 1 unspecified atom stereocenters. The quantitative estimate of drug-likeness (QED) is 0.319. The van der Waals surface area contributed by atoms with Crippen LogP contribution in [0.1, 0.15) is 41.3 Å². The van der Waals surface area contributed by atoms with Crippen LogP contribution in [0.15, 0.2) is 6.07 Å². The normalized spacial score (nSPS) is 15.4. The molecule has 0 radical (unpaired) electrons. The second-order valence-electron chi connectivity index (χ2n) is 8.63. The highest BCUT2D eigenvalue weighted by molar-refractivity contribution is 7.11. The minimum absolute atomic E-state index is 0.000885. The second-order valence-corrected chi connectivity index (χ2v) is 9.40. The number of carbonyl (C=O) groups excluding carboxylic acids is 2. The number of nitrogens with one attached hydrogen (secondary N) is 2. The molecule has 0 spiro atoms. The topological polar surface area (TPSA) is 133 Å². The summed E-state index contributed by atoms with van der Waals surface area (Å²) in [6, 6.07) is 0.246. The van der Waals surface area contributed by atoms with Crippen molar-refractivity contribution in [3.63, 3.8) is 0 Å². The number of hydrogen-bond donors (Lipinski definition) is 4. The molecule has 1 saturated heterocycles. The van der Waals surface area contributed by atoms with Crippen molar-refractivity contribution in [3.05, 3.63) is 40.2 Å². The van der Waals surface area contributed by atoms with E-state index in [1.54, 1.807) is 0 Å². The number of aryl methyl sites for hydroxylation is 1. The molecule has 14 heteroatoms. The fourth-order valence-corrected chi connectivity index (χ4v) is 4.79.